The zero-order valence-corrected chi connectivity index (χ0v) is 12.0. The van der Waals surface area contributed by atoms with Gasteiger partial charge in [0, 0.05) is 17.2 Å². The molecule has 3 nitrogen and oxygen atoms in total. The summed E-state index contributed by atoms with van der Waals surface area (Å²) >= 11 is 7.38. The third-order valence-corrected chi connectivity index (χ3v) is 5.82. The number of rotatable bonds is 6. The Morgan fingerprint density at radius 2 is 1.94 bits per heavy atom. The molecule has 0 atom stereocenters. The van der Waals surface area contributed by atoms with E-state index in [1.165, 1.54) is 0 Å². The van der Waals surface area contributed by atoms with E-state index in [0.717, 1.165) is 25.7 Å². The molecule has 16 heavy (non-hydrogen) atoms. The topological polar surface area (TPSA) is 46.2 Å². The highest BCUT2D eigenvalue weighted by Gasteiger charge is 2.23. The maximum Gasteiger partial charge on any atom is 0.211 e. The van der Waals surface area contributed by atoms with Gasteiger partial charge >= 0.3 is 0 Å². The van der Waals surface area contributed by atoms with Crippen molar-refractivity contribution in [1.29, 1.82) is 0 Å². The molecule has 1 aliphatic rings. The van der Waals surface area contributed by atoms with E-state index in [4.69, 9.17) is 11.6 Å². The molecule has 1 aliphatic carbocycles. The average molecular weight is 286 g/mol. The summed E-state index contributed by atoms with van der Waals surface area (Å²) in [6, 6.07) is 0.142. The van der Waals surface area contributed by atoms with Crippen molar-refractivity contribution in [2.75, 3.05) is 17.9 Å². The quantitative estimate of drug-likeness (QED) is 0.761. The summed E-state index contributed by atoms with van der Waals surface area (Å²) in [4.78, 5) is 0. The van der Waals surface area contributed by atoms with Gasteiger partial charge in [0.25, 0.3) is 0 Å². The lowest BCUT2D eigenvalue weighted by molar-refractivity contribution is 0.420. The van der Waals surface area contributed by atoms with Crippen LogP contribution in [-0.4, -0.2) is 37.6 Å². The number of nitrogens with one attached hydrogen (secondary N) is 1. The Morgan fingerprint density at radius 3 is 2.44 bits per heavy atom. The van der Waals surface area contributed by atoms with Crippen LogP contribution in [0.4, 0.5) is 0 Å². The summed E-state index contributed by atoms with van der Waals surface area (Å²) in [6.07, 6.45) is 6.80. The SMILES string of the molecule is CSC1CCC(NS(=O)(=O)CCCCl)CC1. The second kappa shape index (κ2) is 7.09. The van der Waals surface area contributed by atoms with Gasteiger partial charge in [0.15, 0.2) is 0 Å². The van der Waals surface area contributed by atoms with Crippen molar-refractivity contribution >= 4 is 33.4 Å². The van der Waals surface area contributed by atoms with Gasteiger partial charge in [0.05, 0.1) is 5.75 Å². The molecule has 96 valence electrons. The molecule has 0 unspecified atom stereocenters. The molecular formula is C10H20ClNO2S2. The lowest BCUT2D eigenvalue weighted by Gasteiger charge is -2.27. The highest BCUT2D eigenvalue weighted by Crippen LogP contribution is 2.27. The van der Waals surface area contributed by atoms with Crippen LogP contribution in [0.5, 0.6) is 0 Å². The van der Waals surface area contributed by atoms with Crippen molar-refractivity contribution < 1.29 is 8.42 Å². The van der Waals surface area contributed by atoms with Crippen molar-refractivity contribution in [1.82, 2.24) is 4.72 Å². The number of hydrogen-bond donors (Lipinski definition) is 1. The number of halogens is 1. The lowest BCUT2D eigenvalue weighted by Crippen LogP contribution is -2.39. The Labute approximate surface area is 108 Å². The first-order chi connectivity index (χ1) is 7.57. The van der Waals surface area contributed by atoms with Gasteiger partial charge in [0.1, 0.15) is 0 Å². The lowest BCUT2D eigenvalue weighted by atomic mass is 9.96. The van der Waals surface area contributed by atoms with Crippen molar-refractivity contribution in [3.8, 4) is 0 Å². The van der Waals surface area contributed by atoms with E-state index in [0.29, 0.717) is 17.6 Å². The first-order valence-corrected chi connectivity index (χ1v) is 9.13. The standard InChI is InChI=1S/C10H20ClNO2S2/c1-15-10-5-3-9(4-6-10)12-16(13,14)8-2-7-11/h9-10,12H,2-8H2,1H3. The van der Waals surface area contributed by atoms with E-state index in [-0.39, 0.29) is 11.8 Å². The molecule has 6 heteroatoms. The van der Waals surface area contributed by atoms with Crippen LogP contribution >= 0.6 is 23.4 Å². The molecule has 0 bridgehead atoms. The van der Waals surface area contributed by atoms with Gasteiger partial charge in [-0.1, -0.05) is 0 Å². The number of sulfonamides is 1. The van der Waals surface area contributed by atoms with E-state index >= 15 is 0 Å². The van der Waals surface area contributed by atoms with Gasteiger partial charge in [-0.2, -0.15) is 11.8 Å². The minimum absolute atomic E-state index is 0.142. The van der Waals surface area contributed by atoms with Gasteiger partial charge in [-0.3, -0.25) is 0 Å². The van der Waals surface area contributed by atoms with Gasteiger partial charge in [-0.05, 0) is 38.4 Å². The summed E-state index contributed by atoms with van der Waals surface area (Å²) in [6.45, 7) is 0. The highest BCUT2D eigenvalue weighted by molar-refractivity contribution is 7.99. The Morgan fingerprint density at radius 1 is 1.31 bits per heavy atom. The minimum Gasteiger partial charge on any atom is -0.212 e. The molecular weight excluding hydrogens is 266 g/mol. The predicted octanol–water partition coefficient (Wildman–Crippen LogP) is 2.21. The van der Waals surface area contributed by atoms with E-state index in [1.807, 2.05) is 11.8 Å². The summed E-state index contributed by atoms with van der Waals surface area (Å²) in [7, 11) is -3.11. The van der Waals surface area contributed by atoms with E-state index in [2.05, 4.69) is 11.0 Å². The van der Waals surface area contributed by atoms with Gasteiger partial charge in [0.2, 0.25) is 10.0 Å². The number of hydrogen-bond acceptors (Lipinski definition) is 3. The van der Waals surface area contributed by atoms with Crippen LogP contribution < -0.4 is 4.72 Å². The first kappa shape index (κ1) is 14.6. The van der Waals surface area contributed by atoms with Crippen LogP contribution in [0.2, 0.25) is 0 Å². The van der Waals surface area contributed by atoms with Crippen molar-refractivity contribution in [3.63, 3.8) is 0 Å². The zero-order chi connectivity index (χ0) is 12.0. The maximum atomic E-state index is 11.6. The molecule has 1 fully saturated rings. The molecule has 0 aromatic rings. The third kappa shape index (κ3) is 5.25. The monoisotopic (exact) mass is 285 g/mol. The molecule has 0 saturated heterocycles. The average Bonchev–Trinajstić information content (AvgIpc) is 2.27. The molecule has 0 heterocycles. The molecule has 0 spiro atoms. The summed E-state index contributed by atoms with van der Waals surface area (Å²) in [5.74, 6) is 0.555. The van der Waals surface area contributed by atoms with Gasteiger partial charge < -0.3 is 0 Å². The van der Waals surface area contributed by atoms with Crippen LogP contribution in [0.1, 0.15) is 32.1 Å². The molecule has 1 N–H and O–H groups in total. The minimum atomic E-state index is -3.11. The third-order valence-electron chi connectivity index (χ3n) is 2.90. The van der Waals surface area contributed by atoms with Crippen LogP contribution in [0.15, 0.2) is 0 Å². The zero-order valence-electron chi connectivity index (χ0n) is 9.62. The van der Waals surface area contributed by atoms with Crippen LogP contribution in [0, 0.1) is 0 Å². The fourth-order valence-electron chi connectivity index (χ4n) is 1.97. The van der Waals surface area contributed by atoms with E-state index in [1.54, 1.807) is 0 Å². The summed E-state index contributed by atoms with van der Waals surface area (Å²) in [5.41, 5.74) is 0. The molecule has 0 radical (unpaired) electrons. The van der Waals surface area contributed by atoms with Gasteiger partial charge in [-0.25, -0.2) is 13.1 Å². The van der Waals surface area contributed by atoms with Crippen LogP contribution in [0.25, 0.3) is 0 Å². The van der Waals surface area contributed by atoms with Crippen LogP contribution in [-0.2, 0) is 10.0 Å². The van der Waals surface area contributed by atoms with Crippen molar-refractivity contribution in [3.05, 3.63) is 0 Å². The molecule has 0 aromatic heterocycles. The second-order valence-electron chi connectivity index (χ2n) is 4.19. The van der Waals surface area contributed by atoms with Crippen LogP contribution in [0.3, 0.4) is 0 Å². The number of alkyl halides is 1. The first-order valence-electron chi connectivity index (χ1n) is 5.66. The second-order valence-corrected chi connectivity index (χ2v) is 7.58. The predicted molar refractivity (Wildman–Crippen MR) is 71.8 cm³/mol. The Hall–Kier alpha value is 0.550. The summed E-state index contributed by atoms with van der Waals surface area (Å²) < 4.78 is 26.0. The fourth-order valence-corrected chi connectivity index (χ4v) is 4.40. The van der Waals surface area contributed by atoms with Crippen molar-refractivity contribution in [2.45, 2.75) is 43.4 Å². The van der Waals surface area contributed by atoms with E-state index in [9.17, 15) is 8.42 Å². The Kier molecular flexibility index (Phi) is 6.47. The van der Waals surface area contributed by atoms with Crippen molar-refractivity contribution in [2.24, 2.45) is 0 Å². The Bertz CT molecular complexity index is 287. The summed E-state index contributed by atoms with van der Waals surface area (Å²) in [5, 5.41) is 0.712. The fraction of sp³-hybridized carbons (Fsp3) is 1.00. The smallest absolute Gasteiger partial charge is 0.211 e. The molecule has 0 aromatic carbocycles. The molecule has 0 amide bonds. The normalized spacial score (nSPS) is 26.9. The number of thioether (sulfide) groups is 1. The largest absolute Gasteiger partial charge is 0.212 e. The molecule has 1 rings (SSSR count). The van der Waals surface area contributed by atoms with Gasteiger partial charge in [-0.15, -0.1) is 11.6 Å². The Balaban J connectivity index is 2.32. The van der Waals surface area contributed by atoms with E-state index < -0.39 is 10.0 Å². The highest BCUT2D eigenvalue weighted by atomic mass is 35.5. The maximum absolute atomic E-state index is 11.6. The molecule has 1 saturated carbocycles. The molecule has 0 aliphatic heterocycles.